The summed E-state index contributed by atoms with van der Waals surface area (Å²) in [6.45, 7) is 0. The largest absolute Gasteiger partial charge is 0.390 e. The Labute approximate surface area is 221 Å². The van der Waals surface area contributed by atoms with Gasteiger partial charge in [0, 0.05) is 30.9 Å². The number of halogens is 1. The molecule has 1 aromatic carbocycles. The maximum atomic E-state index is 13.4. The summed E-state index contributed by atoms with van der Waals surface area (Å²) in [5.41, 5.74) is 2.06. The van der Waals surface area contributed by atoms with Crippen LogP contribution < -0.4 is 10.0 Å². The highest BCUT2D eigenvalue weighted by molar-refractivity contribution is 9.10. The molecule has 0 unspecified atom stereocenters. The molecule has 36 heavy (non-hydrogen) atoms. The second-order valence-electron chi connectivity index (χ2n) is 8.20. The first kappa shape index (κ1) is 26.8. The number of methoxy groups -OCH3 is 1. The Morgan fingerprint density at radius 1 is 1.28 bits per heavy atom. The topological polar surface area (TPSA) is 140 Å². The third-order valence-electron chi connectivity index (χ3n) is 5.80. The minimum absolute atomic E-state index is 0.213. The molecule has 1 aliphatic carbocycles. The lowest BCUT2D eigenvalue weighted by molar-refractivity contribution is 0.0636. The van der Waals surface area contributed by atoms with E-state index in [1.165, 1.54) is 30.9 Å². The second kappa shape index (κ2) is 11.4. The Balaban J connectivity index is 1.51. The molecule has 3 N–H and O–H groups in total. The van der Waals surface area contributed by atoms with Crippen molar-refractivity contribution < 1.29 is 27.2 Å². The van der Waals surface area contributed by atoms with Gasteiger partial charge in [0.2, 0.25) is 5.78 Å². The average molecular weight is 598 g/mol. The first-order valence-corrected chi connectivity index (χ1v) is 14.1. The lowest BCUT2D eigenvalue weighted by Gasteiger charge is -2.16. The van der Waals surface area contributed by atoms with E-state index in [1.54, 1.807) is 13.2 Å². The van der Waals surface area contributed by atoms with Crippen molar-refractivity contribution in [2.45, 2.75) is 37.2 Å². The fourth-order valence-electron chi connectivity index (χ4n) is 4.09. The van der Waals surface area contributed by atoms with E-state index in [0.29, 0.717) is 10.7 Å². The predicted molar refractivity (Wildman–Crippen MR) is 138 cm³/mol. The second-order valence-corrected chi connectivity index (χ2v) is 11.5. The van der Waals surface area contributed by atoms with Crippen LogP contribution in [-0.4, -0.2) is 61.7 Å². The van der Waals surface area contributed by atoms with Crippen molar-refractivity contribution in [2.24, 2.45) is 0 Å². The summed E-state index contributed by atoms with van der Waals surface area (Å²) in [6, 6.07) is 9.22. The van der Waals surface area contributed by atoms with Gasteiger partial charge in [-0.05, 0) is 47.5 Å². The molecule has 192 valence electrons. The Morgan fingerprint density at radius 2 is 2.08 bits per heavy atom. The van der Waals surface area contributed by atoms with Gasteiger partial charge < -0.3 is 15.2 Å². The highest BCUT2D eigenvalue weighted by Gasteiger charge is 2.37. The normalized spacial score (nSPS) is 20.8. The van der Waals surface area contributed by atoms with Crippen LogP contribution in [0.4, 0.5) is 5.82 Å². The smallest absolute Gasteiger partial charge is 0.335 e. The first-order chi connectivity index (χ1) is 17.2. The molecule has 4 rings (SSSR count). The van der Waals surface area contributed by atoms with E-state index in [-0.39, 0.29) is 36.3 Å². The number of thiophene rings is 1. The standard InChI is InChI=1S/C23H25BrN4O6S2/c1-25-36(31,32)34-19-9-16(8-18(19)29)28-23-17(10-26-12-27-23)21(30)20-7-14(11-35-20)22(33-2)13-4-3-5-15(24)6-13/h3-7,10-12,16,18-19,22,25,29H,8-9H2,1-2H3,(H,26,27,28)/t16-,18+,19-,22+/m1/s1. The third kappa shape index (κ3) is 6.17. The van der Waals surface area contributed by atoms with Crippen LogP contribution >= 0.6 is 27.3 Å². The molecule has 2 aromatic heterocycles. The minimum atomic E-state index is -3.95. The molecular formula is C23H25BrN4O6S2. The molecule has 0 radical (unpaired) electrons. The molecule has 0 saturated heterocycles. The molecule has 0 aliphatic heterocycles. The monoisotopic (exact) mass is 596 g/mol. The fraction of sp³-hybridized carbons (Fsp3) is 0.348. The van der Waals surface area contributed by atoms with Crippen LogP contribution in [0.2, 0.25) is 0 Å². The number of aliphatic hydroxyl groups excluding tert-OH is 1. The van der Waals surface area contributed by atoms with Gasteiger partial charge in [-0.3, -0.25) is 8.98 Å². The minimum Gasteiger partial charge on any atom is -0.390 e. The highest BCUT2D eigenvalue weighted by atomic mass is 79.9. The maximum Gasteiger partial charge on any atom is 0.335 e. The number of ether oxygens (including phenoxy) is 1. The number of hydrogen-bond acceptors (Lipinski definition) is 10. The van der Waals surface area contributed by atoms with Gasteiger partial charge in [0.1, 0.15) is 24.4 Å². The van der Waals surface area contributed by atoms with Crippen LogP contribution in [0.5, 0.6) is 0 Å². The van der Waals surface area contributed by atoms with Crippen LogP contribution in [0, 0.1) is 0 Å². The van der Waals surface area contributed by atoms with Crippen molar-refractivity contribution in [1.29, 1.82) is 0 Å². The summed E-state index contributed by atoms with van der Waals surface area (Å²) in [6.07, 6.45) is 0.954. The lowest BCUT2D eigenvalue weighted by atomic mass is 10.0. The van der Waals surface area contributed by atoms with Crippen molar-refractivity contribution in [2.75, 3.05) is 19.5 Å². The van der Waals surface area contributed by atoms with Crippen molar-refractivity contribution in [3.8, 4) is 0 Å². The van der Waals surface area contributed by atoms with Gasteiger partial charge in [0.05, 0.1) is 16.5 Å². The molecule has 10 nitrogen and oxygen atoms in total. The van der Waals surface area contributed by atoms with Gasteiger partial charge in [-0.2, -0.15) is 13.1 Å². The lowest BCUT2D eigenvalue weighted by Crippen LogP contribution is -2.31. The zero-order chi connectivity index (χ0) is 25.9. The molecule has 1 fully saturated rings. The zero-order valence-electron chi connectivity index (χ0n) is 19.4. The van der Waals surface area contributed by atoms with E-state index in [9.17, 15) is 18.3 Å². The summed E-state index contributed by atoms with van der Waals surface area (Å²) in [5.74, 6) is 0.0390. The maximum absolute atomic E-state index is 13.4. The van der Waals surface area contributed by atoms with E-state index < -0.39 is 22.5 Å². The Morgan fingerprint density at radius 3 is 2.81 bits per heavy atom. The highest BCUT2D eigenvalue weighted by Crippen LogP contribution is 2.33. The number of aliphatic hydroxyl groups is 1. The van der Waals surface area contributed by atoms with E-state index in [1.807, 2.05) is 29.6 Å². The average Bonchev–Trinajstić information content (AvgIpc) is 3.46. The molecule has 0 amide bonds. The predicted octanol–water partition coefficient (Wildman–Crippen LogP) is 3.05. The molecule has 4 atom stereocenters. The van der Waals surface area contributed by atoms with E-state index in [4.69, 9.17) is 8.92 Å². The molecule has 3 aromatic rings. The van der Waals surface area contributed by atoms with Crippen LogP contribution in [0.15, 0.2) is 52.7 Å². The summed E-state index contributed by atoms with van der Waals surface area (Å²) >= 11 is 4.77. The van der Waals surface area contributed by atoms with E-state index in [0.717, 1.165) is 15.6 Å². The van der Waals surface area contributed by atoms with E-state index in [2.05, 4.69) is 35.9 Å². The van der Waals surface area contributed by atoms with Crippen molar-refractivity contribution in [3.63, 3.8) is 0 Å². The van der Waals surface area contributed by atoms with Crippen molar-refractivity contribution in [3.05, 3.63) is 74.3 Å². The molecule has 1 aliphatic rings. The summed E-state index contributed by atoms with van der Waals surface area (Å²) in [4.78, 5) is 22.1. The fourth-order valence-corrected chi connectivity index (χ4v) is 6.01. The summed E-state index contributed by atoms with van der Waals surface area (Å²) in [7, 11) is -1.10. The van der Waals surface area contributed by atoms with Crippen molar-refractivity contribution in [1.82, 2.24) is 14.7 Å². The van der Waals surface area contributed by atoms with Gasteiger partial charge in [-0.1, -0.05) is 28.1 Å². The van der Waals surface area contributed by atoms with Gasteiger partial charge in [-0.25, -0.2) is 9.97 Å². The number of nitrogens with one attached hydrogen (secondary N) is 2. The Bertz CT molecular complexity index is 1340. The van der Waals surface area contributed by atoms with E-state index >= 15 is 0 Å². The molecule has 1 saturated carbocycles. The van der Waals surface area contributed by atoms with Gasteiger partial charge >= 0.3 is 10.3 Å². The SMILES string of the molecule is CNS(=O)(=O)O[C@@H]1C[C@H](Nc2ncncc2C(=O)c2cc([C@@H](OC)c3cccc(Br)c3)cs2)C[C@@H]1O. The number of benzene rings is 1. The van der Waals surface area contributed by atoms with Gasteiger partial charge in [0.25, 0.3) is 0 Å². The molecule has 2 heterocycles. The molecular weight excluding hydrogens is 572 g/mol. The number of nitrogens with zero attached hydrogens (tertiary/aromatic N) is 2. The first-order valence-electron chi connectivity index (χ1n) is 11.0. The zero-order valence-corrected chi connectivity index (χ0v) is 22.6. The molecule has 13 heteroatoms. The van der Waals surface area contributed by atoms with Crippen LogP contribution in [0.3, 0.4) is 0 Å². The van der Waals surface area contributed by atoms with Crippen LogP contribution in [0.25, 0.3) is 0 Å². The number of carbonyl (C=O) groups excluding carboxylic acids is 1. The van der Waals surface area contributed by atoms with Crippen LogP contribution in [0.1, 0.15) is 45.3 Å². The number of hydrogen-bond donors (Lipinski definition) is 3. The molecule has 0 spiro atoms. The molecule has 0 bridgehead atoms. The third-order valence-corrected chi connectivity index (χ3v) is 8.24. The number of carbonyl (C=O) groups is 1. The van der Waals surface area contributed by atoms with Crippen molar-refractivity contribution >= 4 is 49.2 Å². The van der Waals surface area contributed by atoms with Gasteiger partial charge in [-0.15, -0.1) is 11.3 Å². The quantitative estimate of drug-likeness (QED) is 0.301. The number of rotatable bonds is 10. The Hall–Kier alpha value is -2.26. The number of anilines is 1. The summed E-state index contributed by atoms with van der Waals surface area (Å²) in [5, 5.41) is 15.3. The number of ketones is 1. The number of aromatic nitrogens is 2. The van der Waals surface area contributed by atoms with Crippen LogP contribution in [-0.2, 0) is 19.2 Å². The van der Waals surface area contributed by atoms with Gasteiger partial charge in [0.15, 0.2) is 0 Å². The summed E-state index contributed by atoms with van der Waals surface area (Å²) < 4.78 is 37.1. The Kier molecular flexibility index (Phi) is 8.50.